The van der Waals surface area contributed by atoms with E-state index in [-0.39, 0.29) is 62.8 Å². The van der Waals surface area contributed by atoms with Crippen molar-refractivity contribution in [1.29, 1.82) is 0 Å². The average molecular weight is 961 g/mol. The highest BCUT2D eigenvalue weighted by Crippen LogP contribution is 2.47. The first-order valence-corrected chi connectivity index (χ1v) is 24.5. The molecule has 5 aliphatic rings. The van der Waals surface area contributed by atoms with E-state index in [9.17, 15) is 18.4 Å². The third-order valence-corrected chi connectivity index (χ3v) is 15.2. The van der Waals surface area contributed by atoms with Gasteiger partial charge in [0.05, 0.1) is 40.5 Å². The van der Waals surface area contributed by atoms with Gasteiger partial charge >= 0.3 is 0 Å². The van der Waals surface area contributed by atoms with E-state index < -0.39 is 29.8 Å². The van der Waals surface area contributed by atoms with Crippen LogP contribution in [-0.2, 0) is 25.3 Å². The summed E-state index contributed by atoms with van der Waals surface area (Å²) in [4.78, 5) is 41.1. The molecule has 5 aromatic rings. The van der Waals surface area contributed by atoms with Crippen LogP contribution in [-0.4, -0.2) is 99.9 Å². The number of fused-ring (bicyclic) bond motifs is 4. The summed E-state index contributed by atoms with van der Waals surface area (Å²) in [5, 5.41) is 14.6. The summed E-state index contributed by atoms with van der Waals surface area (Å²) < 4.78 is 64.3. The van der Waals surface area contributed by atoms with Crippen molar-refractivity contribution in [2.75, 3.05) is 73.3 Å². The quantitative estimate of drug-likeness (QED) is 0.0872. The number of amides is 1. The van der Waals surface area contributed by atoms with Crippen molar-refractivity contribution in [3.05, 3.63) is 81.4 Å². The molecule has 0 bridgehead atoms. The molecule has 1 spiro atoms. The Bertz CT molecular complexity index is 2770. The van der Waals surface area contributed by atoms with Crippen molar-refractivity contribution in [2.45, 2.75) is 95.4 Å². The average Bonchev–Trinajstić information content (AvgIpc) is 4.18. The van der Waals surface area contributed by atoms with Gasteiger partial charge in [-0.05, 0) is 69.6 Å². The molecule has 18 heteroatoms. The van der Waals surface area contributed by atoms with Crippen LogP contribution in [0.5, 0.6) is 0 Å². The molecule has 3 N–H and O–H groups in total. The number of alkyl halides is 2. The van der Waals surface area contributed by atoms with Gasteiger partial charge in [0.1, 0.15) is 16.4 Å². The Balaban J connectivity index is 0.00000185. The van der Waals surface area contributed by atoms with Gasteiger partial charge in [-0.1, -0.05) is 36.9 Å². The molecular weight excluding hydrogens is 898 g/mol. The molecule has 3 aliphatic heterocycles. The molecule has 0 radical (unpaired) electrons. The van der Waals surface area contributed by atoms with E-state index in [1.165, 1.54) is 56.1 Å². The van der Waals surface area contributed by atoms with Gasteiger partial charge in [-0.3, -0.25) is 19.2 Å². The largest absolute Gasteiger partial charge is 0.376 e. The molecule has 2 saturated heterocycles. The van der Waals surface area contributed by atoms with Gasteiger partial charge in [-0.25, -0.2) is 22.5 Å². The van der Waals surface area contributed by atoms with Gasteiger partial charge in [0, 0.05) is 114 Å². The fraction of sp³-hybridized carbons (Fsp3) is 0.540. The van der Waals surface area contributed by atoms with E-state index in [1.54, 1.807) is 24.9 Å². The molecule has 2 atom stereocenters. The van der Waals surface area contributed by atoms with Crippen molar-refractivity contribution < 1.29 is 22.4 Å². The summed E-state index contributed by atoms with van der Waals surface area (Å²) in [7, 11) is 4.89. The van der Waals surface area contributed by atoms with E-state index in [4.69, 9.17) is 16.6 Å². The molecule has 2 saturated carbocycles. The molecule has 2 aromatic carbocycles. The molecule has 364 valence electrons. The Labute approximate surface area is 399 Å². The number of aryl methyl sites for hydroxylation is 2. The van der Waals surface area contributed by atoms with Crippen molar-refractivity contribution in [1.82, 2.24) is 34.5 Å². The maximum Gasteiger partial charge on any atom is 0.267 e. The number of rotatable bonds is 11. The number of hydrogen-bond acceptors (Lipinski definition) is 10. The second kappa shape index (κ2) is 19.2. The Morgan fingerprint density at radius 1 is 1.03 bits per heavy atom. The zero-order valence-electron chi connectivity index (χ0n) is 39.4. The molecule has 6 heterocycles. The van der Waals surface area contributed by atoms with Crippen LogP contribution in [0.2, 0.25) is 5.02 Å². The van der Waals surface area contributed by atoms with E-state index in [0.29, 0.717) is 41.3 Å². The second-order valence-corrected chi connectivity index (χ2v) is 20.1. The van der Waals surface area contributed by atoms with Crippen LogP contribution in [0.4, 0.5) is 46.4 Å². The van der Waals surface area contributed by atoms with Crippen LogP contribution < -0.4 is 31.3 Å². The lowest BCUT2D eigenvalue weighted by molar-refractivity contribution is -0.120. The van der Waals surface area contributed by atoms with E-state index >= 15 is 8.78 Å². The van der Waals surface area contributed by atoms with Crippen LogP contribution in [0, 0.1) is 23.0 Å². The van der Waals surface area contributed by atoms with Gasteiger partial charge < -0.3 is 30.3 Å². The molecule has 2 aliphatic carbocycles. The normalized spacial score (nSPS) is 20.5. The fourth-order valence-corrected chi connectivity index (χ4v) is 10.7. The summed E-state index contributed by atoms with van der Waals surface area (Å²) in [5.74, 6) is -2.91. The number of anilines is 5. The molecule has 2 unspecified atom stereocenters. The summed E-state index contributed by atoms with van der Waals surface area (Å²) in [5.41, 5.74) is 2.35. The number of hydrogen-bond donors (Lipinski definition) is 3. The number of pyridine rings is 1. The van der Waals surface area contributed by atoms with E-state index in [2.05, 4.69) is 47.3 Å². The van der Waals surface area contributed by atoms with Gasteiger partial charge in [-0.15, -0.1) is 6.58 Å². The molecule has 68 heavy (non-hydrogen) atoms. The van der Waals surface area contributed by atoms with E-state index in [0.717, 1.165) is 82.6 Å². The van der Waals surface area contributed by atoms with Gasteiger partial charge in [0.15, 0.2) is 11.6 Å². The van der Waals surface area contributed by atoms with Crippen LogP contribution in [0.3, 0.4) is 0 Å². The molecular formula is C50H62ClF4N11O2. The predicted octanol–water partition coefficient (Wildman–Crippen LogP) is 9.06. The Hall–Kier alpha value is -5.42. The number of allylic oxidation sites excluding steroid dienone is 1. The zero-order chi connectivity index (χ0) is 48.1. The smallest absolute Gasteiger partial charge is 0.267 e. The van der Waals surface area contributed by atoms with Crippen LogP contribution in [0.1, 0.15) is 88.3 Å². The third kappa shape index (κ3) is 9.48. The van der Waals surface area contributed by atoms with Crippen molar-refractivity contribution in [3.8, 4) is 0 Å². The summed E-state index contributed by atoms with van der Waals surface area (Å²) in [6, 6.07) is 5.32. The lowest BCUT2D eigenvalue weighted by Crippen LogP contribution is -2.58. The Morgan fingerprint density at radius 2 is 1.75 bits per heavy atom. The zero-order valence-corrected chi connectivity index (χ0v) is 40.2. The molecule has 4 fully saturated rings. The topological polar surface area (TPSA) is 128 Å². The first kappa shape index (κ1) is 47.6. The van der Waals surface area contributed by atoms with Gasteiger partial charge in [0.25, 0.3) is 11.5 Å². The highest BCUT2D eigenvalue weighted by atomic mass is 35.5. The highest BCUT2D eigenvalue weighted by Gasteiger charge is 2.46. The monoisotopic (exact) mass is 959 g/mol. The number of carbonyl (C=O) groups is 1. The Morgan fingerprint density at radius 3 is 2.43 bits per heavy atom. The minimum atomic E-state index is -3.03. The SMILES string of the molecule is C1CC1.C=CC(CCC(=O)NC)c1nn(C)c2c(F)c(N3CCN(CC4CCC5(CC4)CN(c4ncc(Cl)c(Nc6cc7c8c(c(=O)n(C)c7cc6F)CCC(F)(F)C(C)N8)n4)C5)CC3)ccc12. The molecule has 13 nitrogen and oxygen atoms in total. The predicted molar refractivity (Wildman–Crippen MR) is 262 cm³/mol. The number of nitrogens with zero attached hydrogens (tertiary/aromatic N) is 8. The number of carbonyl (C=O) groups excluding carboxylic acids is 1. The van der Waals surface area contributed by atoms with E-state index in [1.807, 2.05) is 12.1 Å². The second-order valence-electron chi connectivity index (χ2n) is 19.7. The Kier molecular flexibility index (Phi) is 13.4. The van der Waals surface area contributed by atoms with Crippen molar-refractivity contribution >= 4 is 68.1 Å². The first-order chi connectivity index (χ1) is 32.6. The number of aromatic nitrogens is 5. The summed E-state index contributed by atoms with van der Waals surface area (Å²) in [6.45, 7) is 11.1. The van der Waals surface area contributed by atoms with Crippen molar-refractivity contribution in [2.24, 2.45) is 25.4 Å². The number of piperazine rings is 1. The first-order valence-electron chi connectivity index (χ1n) is 24.1. The summed E-state index contributed by atoms with van der Waals surface area (Å²) >= 11 is 6.55. The molecule has 3 aromatic heterocycles. The van der Waals surface area contributed by atoms with Crippen LogP contribution >= 0.6 is 11.6 Å². The number of halogens is 5. The lowest BCUT2D eigenvalue weighted by Gasteiger charge is -2.54. The number of benzene rings is 2. The van der Waals surface area contributed by atoms with Crippen LogP contribution in [0.15, 0.2) is 47.9 Å². The highest BCUT2D eigenvalue weighted by molar-refractivity contribution is 6.33. The molecule has 1 amide bonds. The van der Waals surface area contributed by atoms with Gasteiger partial charge in [0.2, 0.25) is 11.9 Å². The minimum absolute atomic E-state index is 0.0391. The van der Waals surface area contributed by atoms with Crippen molar-refractivity contribution in [3.63, 3.8) is 0 Å². The van der Waals surface area contributed by atoms with Gasteiger partial charge in [-0.2, -0.15) is 10.1 Å². The van der Waals surface area contributed by atoms with Crippen LogP contribution in [0.25, 0.3) is 21.8 Å². The summed E-state index contributed by atoms with van der Waals surface area (Å²) in [6.07, 6.45) is 12.5. The maximum atomic E-state index is 16.2. The maximum absolute atomic E-state index is 16.2. The molecule has 10 rings (SSSR count). The minimum Gasteiger partial charge on any atom is -0.376 e. The third-order valence-electron chi connectivity index (χ3n) is 14.9. The number of nitrogens with one attached hydrogen (secondary N) is 3. The standard InChI is InChI=1S/C47H56ClF4N11O2.C3H6/c1-6-29(7-10-38(64)53-3)40-30-8-9-36(39(50)42(30)60(5)58-40)62-19-17-61(18-20-62)24-28-11-14-46(15-12-28)25-63(26-46)45-54-23-33(48)43(57-45)56-35-21-32-37(22-34(35)49)59(4)44(65)31-13-16-47(51,52)27(2)55-41(31)32;1-2-3-1/h6,8-9,21-23,27-29,55H,1,7,10-20,24-26H2,2-5H3,(H,53,64)(H,54,56,57);1-3H2. The fourth-order valence-electron chi connectivity index (χ4n) is 10.5. The lowest BCUT2D eigenvalue weighted by atomic mass is 9.66.